The van der Waals surface area contributed by atoms with Crippen molar-refractivity contribution in [2.75, 3.05) is 45.9 Å². The highest BCUT2D eigenvalue weighted by Gasteiger charge is 2.31. The van der Waals surface area contributed by atoms with Gasteiger partial charge in [0, 0.05) is 18.2 Å². The molecule has 1 aromatic rings. The van der Waals surface area contributed by atoms with E-state index in [0.717, 1.165) is 11.3 Å². The maximum atomic E-state index is 12.7. The number of halogens is 1. The number of hydrogen-bond acceptors (Lipinski definition) is 4. The van der Waals surface area contributed by atoms with E-state index in [1.54, 1.807) is 18.2 Å². The first-order valence-corrected chi connectivity index (χ1v) is 11.1. The summed E-state index contributed by atoms with van der Waals surface area (Å²) in [6.45, 7) is 7.52. The van der Waals surface area contributed by atoms with E-state index < -0.39 is 10.0 Å². The number of benzene rings is 1. The number of carbonyl (C=O) groups excluding carboxylic acids is 1. The molecule has 2 N–H and O–H groups in total. The summed E-state index contributed by atoms with van der Waals surface area (Å²) in [5.41, 5.74) is 0. The topological polar surface area (TPSA) is 80.2 Å². The Hall–Kier alpha value is -1.19. The van der Waals surface area contributed by atoms with Crippen molar-refractivity contribution in [2.45, 2.75) is 31.3 Å². The lowest BCUT2D eigenvalue weighted by Crippen LogP contribution is -3.15. The second-order valence-electron chi connectivity index (χ2n) is 6.91. The molecule has 0 saturated carbocycles. The molecule has 1 amide bonds. The minimum absolute atomic E-state index is 0.0132. The highest BCUT2D eigenvalue weighted by Crippen LogP contribution is 2.19. The third-order valence-corrected chi connectivity index (χ3v) is 6.50. The summed E-state index contributed by atoms with van der Waals surface area (Å²) in [6.07, 6.45) is 0.981. The lowest BCUT2D eigenvalue weighted by molar-refractivity contribution is -0.895. The maximum Gasteiger partial charge on any atom is 0.275 e. The first-order valence-electron chi connectivity index (χ1n) is 9.26. The number of rotatable bonds is 9. The Morgan fingerprint density at radius 2 is 2.04 bits per heavy atom. The van der Waals surface area contributed by atoms with Crippen molar-refractivity contribution in [3.63, 3.8) is 0 Å². The first kappa shape index (κ1) is 22.1. The zero-order chi connectivity index (χ0) is 19.9. The molecule has 0 bridgehead atoms. The van der Waals surface area contributed by atoms with Gasteiger partial charge in [0.2, 0.25) is 10.0 Å². The van der Waals surface area contributed by atoms with Gasteiger partial charge < -0.3 is 15.0 Å². The SMILES string of the molecule is CC(C)OCCCNC(=O)C[NH+]1CCN(S(=O)(=O)c2cccc(Cl)c2)CC1. The summed E-state index contributed by atoms with van der Waals surface area (Å²) in [7, 11) is -3.54. The Balaban J connectivity index is 1.74. The van der Waals surface area contributed by atoms with Crippen LogP contribution in [0.3, 0.4) is 0 Å². The molecule has 1 aromatic carbocycles. The molecule has 0 spiro atoms. The number of nitrogens with one attached hydrogen (secondary N) is 2. The second kappa shape index (κ2) is 10.4. The van der Waals surface area contributed by atoms with Crippen LogP contribution in [0.5, 0.6) is 0 Å². The van der Waals surface area contributed by atoms with Crippen LogP contribution >= 0.6 is 11.6 Å². The number of carbonyl (C=O) groups is 1. The number of sulfonamides is 1. The molecule has 27 heavy (non-hydrogen) atoms. The lowest BCUT2D eigenvalue weighted by Gasteiger charge is -2.31. The van der Waals surface area contributed by atoms with Crippen molar-refractivity contribution in [1.82, 2.24) is 9.62 Å². The highest BCUT2D eigenvalue weighted by atomic mass is 35.5. The maximum absolute atomic E-state index is 12.7. The van der Waals surface area contributed by atoms with Crippen LogP contribution in [0.15, 0.2) is 29.2 Å². The lowest BCUT2D eigenvalue weighted by atomic mass is 10.3. The number of quaternary nitrogens is 1. The molecule has 152 valence electrons. The molecule has 1 fully saturated rings. The van der Waals surface area contributed by atoms with Crippen LogP contribution in [0.4, 0.5) is 0 Å². The Labute approximate surface area is 166 Å². The minimum Gasteiger partial charge on any atom is -0.379 e. The van der Waals surface area contributed by atoms with E-state index in [1.807, 2.05) is 13.8 Å². The average molecular weight is 419 g/mol. The van der Waals surface area contributed by atoms with Crippen LogP contribution < -0.4 is 10.2 Å². The third-order valence-electron chi connectivity index (χ3n) is 4.37. The van der Waals surface area contributed by atoms with Gasteiger partial charge in [-0.05, 0) is 38.5 Å². The van der Waals surface area contributed by atoms with Crippen molar-refractivity contribution in [3.05, 3.63) is 29.3 Å². The Kier molecular flexibility index (Phi) is 8.50. The van der Waals surface area contributed by atoms with Crippen LogP contribution in [0.2, 0.25) is 5.02 Å². The molecule has 1 aliphatic rings. The molecule has 1 heterocycles. The van der Waals surface area contributed by atoms with E-state index in [9.17, 15) is 13.2 Å². The van der Waals surface area contributed by atoms with Gasteiger partial charge in [0.25, 0.3) is 5.91 Å². The fraction of sp³-hybridized carbons (Fsp3) is 0.611. The van der Waals surface area contributed by atoms with Crippen LogP contribution in [-0.2, 0) is 19.6 Å². The van der Waals surface area contributed by atoms with E-state index in [-0.39, 0.29) is 16.9 Å². The molecular formula is C18H29ClN3O4S+. The highest BCUT2D eigenvalue weighted by molar-refractivity contribution is 7.89. The number of nitrogens with zero attached hydrogens (tertiary/aromatic N) is 1. The van der Waals surface area contributed by atoms with Crippen molar-refractivity contribution < 1.29 is 22.8 Å². The van der Waals surface area contributed by atoms with Gasteiger partial charge in [-0.25, -0.2) is 8.42 Å². The molecule has 9 heteroatoms. The number of ether oxygens (including phenoxy) is 1. The molecule has 1 saturated heterocycles. The number of amides is 1. The minimum atomic E-state index is -3.54. The summed E-state index contributed by atoms with van der Waals surface area (Å²) < 4.78 is 32.3. The molecule has 2 rings (SSSR count). The summed E-state index contributed by atoms with van der Waals surface area (Å²) >= 11 is 5.91. The predicted molar refractivity (Wildman–Crippen MR) is 104 cm³/mol. The first-order chi connectivity index (χ1) is 12.8. The summed E-state index contributed by atoms with van der Waals surface area (Å²) in [6, 6.07) is 6.30. The molecule has 0 atom stereocenters. The average Bonchev–Trinajstić information content (AvgIpc) is 2.61. The molecule has 0 unspecified atom stereocenters. The standard InChI is InChI=1S/C18H28ClN3O4S/c1-15(2)26-12-4-7-20-18(23)14-21-8-10-22(11-9-21)27(24,25)17-6-3-5-16(19)13-17/h3,5-6,13,15H,4,7-12,14H2,1-2H3,(H,20,23)/p+1. The van der Waals surface area contributed by atoms with Crippen LogP contribution in [0, 0.1) is 0 Å². The van der Waals surface area contributed by atoms with E-state index >= 15 is 0 Å². The summed E-state index contributed by atoms with van der Waals surface area (Å²) in [4.78, 5) is 13.3. The van der Waals surface area contributed by atoms with Crippen molar-refractivity contribution >= 4 is 27.5 Å². The summed E-state index contributed by atoms with van der Waals surface area (Å²) in [5, 5.41) is 3.29. The molecule has 0 radical (unpaired) electrons. The van der Waals surface area contributed by atoms with E-state index in [1.165, 1.54) is 10.4 Å². The van der Waals surface area contributed by atoms with E-state index in [4.69, 9.17) is 16.3 Å². The normalized spacial score (nSPS) is 16.6. The van der Waals surface area contributed by atoms with Crippen molar-refractivity contribution in [2.24, 2.45) is 0 Å². The van der Waals surface area contributed by atoms with Crippen molar-refractivity contribution in [1.29, 1.82) is 0 Å². The van der Waals surface area contributed by atoms with E-state index in [2.05, 4.69) is 5.32 Å². The molecular weight excluding hydrogens is 390 g/mol. The van der Waals surface area contributed by atoms with Crippen LogP contribution in [0.1, 0.15) is 20.3 Å². The fourth-order valence-electron chi connectivity index (χ4n) is 2.90. The van der Waals surface area contributed by atoms with Crippen molar-refractivity contribution in [3.8, 4) is 0 Å². The van der Waals surface area contributed by atoms with E-state index in [0.29, 0.717) is 50.9 Å². The monoisotopic (exact) mass is 418 g/mol. The molecule has 1 aliphatic heterocycles. The summed E-state index contributed by atoms with van der Waals surface area (Å²) in [5.74, 6) is -0.0132. The zero-order valence-electron chi connectivity index (χ0n) is 15.9. The molecule has 0 aromatic heterocycles. The van der Waals surface area contributed by atoms with Gasteiger partial charge in [-0.2, -0.15) is 4.31 Å². The largest absolute Gasteiger partial charge is 0.379 e. The van der Waals surface area contributed by atoms with Gasteiger partial charge in [-0.15, -0.1) is 0 Å². The Morgan fingerprint density at radius 3 is 2.67 bits per heavy atom. The molecule has 0 aliphatic carbocycles. The van der Waals surface area contributed by atoms with Gasteiger partial charge in [0.1, 0.15) is 0 Å². The van der Waals surface area contributed by atoms with Crippen LogP contribution in [0.25, 0.3) is 0 Å². The smallest absolute Gasteiger partial charge is 0.275 e. The van der Waals surface area contributed by atoms with Gasteiger partial charge >= 0.3 is 0 Å². The predicted octanol–water partition coefficient (Wildman–Crippen LogP) is 0.161. The number of piperazine rings is 1. The third kappa shape index (κ3) is 7.04. The quantitative estimate of drug-likeness (QED) is 0.560. The van der Waals surface area contributed by atoms with Gasteiger partial charge in [0.15, 0.2) is 6.54 Å². The second-order valence-corrected chi connectivity index (χ2v) is 9.29. The fourth-order valence-corrected chi connectivity index (χ4v) is 4.65. The van der Waals surface area contributed by atoms with Crippen LogP contribution in [-0.4, -0.2) is 70.6 Å². The van der Waals surface area contributed by atoms with Gasteiger partial charge in [0.05, 0.1) is 37.2 Å². The van der Waals surface area contributed by atoms with Gasteiger partial charge in [-0.1, -0.05) is 17.7 Å². The van der Waals surface area contributed by atoms with Gasteiger partial charge in [-0.3, -0.25) is 4.79 Å². The Morgan fingerprint density at radius 1 is 1.33 bits per heavy atom. The molecule has 7 nitrogen and oxygen atoms in total. The zero-order valence-corrected chi connectivity index (χ0v) is 17.5. The number of hydrogen-bond donors (Lipinski definition) is 2. The Bertz CT molecular complexity index is 719.